The molecule has 1 fully saturated rings. The second-order valence-corrected chi connectivity index (χ2v) is 7.89. The molecule has 1 aromatic heterocycles. The number of piperazine rings is 1. The van der Waals surface area contributed by atoms with Crippen molar-refractivity contribution in [2.45, 2.75) is 6.61 Å². The number of amides is 1. The standard InChI is InChI=1S/C25H26FN3O4/c1-27-16-24(33-17-18-4-3-5-21(14-18)32-2)23(30)15-22(27)25(31)29-12-10-28(11-13-29)20-8-6-19(26)7-9-20/h3-9,14-16H,10-13,17H2,1-2H3. The first-order valence-corrected chi connectivity index (χ1v) is 10.7. The third-order valence-electron chi connectivity index (χ3n) is 5.71. The Labute approximate surface area is 191 Å². The fourth-order valence-electron chi connectivity index (χ4n) is 3.83. The first kappa shape index (κ1) is 22.4. The molecule has 0 saturated carbocycles. The highest BCUT2D eigenvalue weighted by atomic mass is 19.1. The van der Waals surface area contributed by atoms with Crippen molar-refractivity contribution in [3.8, 4) is 11.5 Å². The molecule has 1 amide bonds. The van der Waals surface area contributed by atoms with E-state index >= 15 is 0 Å². The number of hydrogen-bond acceptors (Lipinski definition) is 5. The van der Waals surface area contributed by atoms with Gasteiger partial charge < -0.3 is 23.8 Å². The Morgan fingerprint density at radius 1 is 1.03 bits per heavy atom. The van der Waals surface area contributed by atoms with Gasteiger partial charge in [-0.2, -0.15) is 0 Å². The fraction of sp³-hybridized carbons (Fsp3) is 0.280. The number of benzene rings is 2. The molecular weight excluding hydrogens is 425 g/mol. The molecule has 8 heteroatoms. The predicted octanol–water partition coefficient (Wildman–Crippen LogP) is 3.07. The van der Waals surface area contributed by atoms with E-state index in [1.54, 1.807) is 42.0 Å². The summed E-state index contributed by atoms with van der Waals surface area (Å²) in [6, 6.07) is 15.1. The monoisotopic (exact) mass is 451 g/mol. The van der Waals surface area contributed by atoms with Crippen LogP contribution in [0.4, 0.5) is 10.1 Å². The summed E-state index contributed by atoms with van der Waals surface area (Å²) in [5, 5.41) is 0. The van der Waals surface area contributed by atoms with E-state index in [1.807, 2.05) is 24.3 Å². The van der Waals surface area contributed by atoms with Crippen LogP contribution in [0.2, 0.25) is 0 Å². The number of methoxy groups -OCH3 is 1. The van der Waals surface area contributed by atoms with Crippen molar-refractivity contribution >= 4 is 11.6 Å². The van der Waals surface area contributed by atoms with E-state index in [2.05, 4.69) is 4.90 Å². The molecule has 33 heavy (non-hydrogen) atoms. The lowest BCUT2D eigenvalue weighted by Crippen LogP contribution is -2.49. The number of aryl methyl sites for hydroxylation is 1. The van der Waals surface area contributed by atoms with Crippen molar-refractivity contribution < 1.29 is 18.7 Å². The quantitative estimate of drug-likeness (QED) is 0.577. The smallest absolute Gasteiger partial charge is 0.270 e. The lowest BCUT2D eigenvalue weighted by molar-refractivity contribution is 0.0736. The third-order valence-corrected chi connectivity index (χ3v) is 5.71. The Kier molecular flexibility index (Phi) is 6.63. The minimum Gasteiger partial charge on any atom is -0.497 e. The number of rotatable bonds is 6. The molecule has 172 valence electrons. The number of carbonyl (C=O) groups is 1. The third kappa shape index (κ3) is 5.16. The summed E-state index contributed by atoms with van der Waals surface area (Å²) >= 11 is 0. The number of carbonyl (C=O) groups excluding carboxylic acids is 1. The van der Waals surface area contributed by atoms with Crippen LogP contribution >= 0.6 is 0 Å². The van der Waals surface area contributed by atoms with E-state index in [4.69, 9.17) is 9.47 Å². The number of ether oxygens (including phenoxy) is 2. The van der Waals surface area contributed by atoms with Gasteiger partial charge in [0.25, 0.3) is 5.91 Å². The summed E-state index contributed by atoms with van der Waals surface area (Å²) in [6.45, 7) is 2.50. The topological polar surface area (TPSA) is 64.0 Å². The molecule has 0 atom stereocenters. The highest BCUT2D eigenvalue weighted by Gasteiger charge is 2.24. The van der Waals surface area contributed by atoms with E-state index < -0.39 is 0 Å². The highest BCUT2D eigenvalue weighted by molar-refractivity contribution is 5.92. The summed E-state index contributed by atoms with van der Waals surface area (Å²) in [5.74, 6) is 0.416. The van der Waals surface area contributed by atoms with Crippen molar-refractivity contribution in [1.29, 1.82) is 0 Å². The van der Waals surface area contributed by atoms with E-state index in [-0.39, 0.29) is 29.5 Å². The zero-order valence-electron chi connectivity index (χ0n) is 18.7. The van der Waals surface area contributed by atoms with E-state index in [9.17, 15) is 14.0 Å². The molecule has 0 spiro atoms. The largest absolute Gasteiger partial charge is 0.497 e. The maximum Gasteiger partial charge on any atom is 0.270 e. The van der Waals surface area contributed by atoms with Gasteiger partial charge in [0.05, 0.1) is 13.3 Å². The molecule has 2 heterocycles. The van der Waals surface area contributed by atoms with Crippen molar-refractivity contribution in [2.24, 2.45) is 7.05 Å². The fourth-order valence-corrected chi connectivity index (χ4v) is 3.83. The molecule has 4 rings (SSSR count). The Bertz CT molecular complexity index is 1190. The molecule has 0 aliphatic carbocycles. The van der Waals surface area contributed by atoms with Gasteiger partial charge in [-0.1, -0.05) is 12.1 Å². The Morgan fingerprint density at radius 3 is 2.45 bits per heavy atom. The first-order valence-electron chi connectivity index (χ1n) is 10.7. The predicted molar refractivity (Wildman–Crippen MR) is 124 cm³/mol. The van der Waals surface area contributed by atoms with Crippen LogP contribution in [0.15, 0.2) is 65.6 Å². The van der Waals surface area contributed by atoms with E-state index in [1.165, 1.54) is 18.2 Å². The van der Waals surface area contributed by atoms with Gasteiger partial charge in [-0.3, -0.25) is 9.59 Å². The number of pyridine rings is 1. The molecule has 1 saturated heterocycles. The maximum atomic E-state index is 13.2. The normalized spacial score (nSPS) is 13.7. The van der Waals surface area contributed by atoms with Crippen LogP contribution in [0, 0.1) is 5.82 Å². The molecule has 3 aromatic rings. The van der Waals surface area contributed by atoms with Crippen LogP contribution in [0.3, 0.4) is 0 Å². The van der Waals surface area contributed by atoms with Crippen LogP contribution < -0.4 is 19.8 Å². The van der Waals surface area contributed by atoms with Crippen LogP contribution in [0.5, 0.6) is 11.5 Å². The average Bonchev–Trinajstić information content (AvgIpc) is 2.84. The molecule has 7 nitrogen and oxygen atoms in total. The van der Waals surface area contributed by atoms with Crippen LogP contribution in [0.1, 0.15) is 16.1 Å². The molecule has 1 aliphatic heterocycles. The number of nitrogens with zero attached hydrogens (tertiary/aromatic N) is 3. The molecule has 0 bridgehead atoms. The van der Waals surface area contributed by atoms with Crippen LogP contribution in [-0.2, 0) is 13.7 Å². The molecular formula is C25H26FN3O4. The van der Waals surface area contributed by atoms with Gasteiger partial charge in [0.2, 0.25) is 5.43 Å². The zero-order chi connectivity index (χ0) is 23.4. The second kappa shape index (κ2) is 9.77. The molecule has 0 unspecified atom stereocenters. The Balaban J connectivity index is 1.40. The van der Waals surface area contributed by atoms with Crippen LogP contribution in [0.25, 0.3) is 0 Å². The number of anilines is 1. The number of aromatic nitrogens is 1. The summed E-state index contributed by atoms with van der Waals surface area (Å²) in [4.78, 5) is 29.5. The maximum absolute atomic E-state index is 13.2. The molecule has 0 N–H and O–H groups in total. The van der Waals surface area contributed by atoms with Gasteiger partial charge in [0.1, 0.15) is 23.9 Å². The van der Waals surface area contributed by atoms with Gasteiger partial charge in [-0.15, -0.1) is 0 Å². The minimum atomic E-state index is -0.343. The van der Waals surface area contributed by atoms with Gasteiger partial charge in [0, 0.05) is 45.0 Å². The van der Waals surface area contributed by atoms with Crippen molar-refractivity contribution in [3.63, 3.8) is 0 Å². The van der Waals surface area contributed by atoms with Gasteiger partial charge >= 0.3 is 0 Å². The van der Waals surface area contributed by atoms with Crippen LogP contribution in [-0.4, -0.2) is 48.7 Å². The van der Waals surface area contributed by atoms with Gasteiger partial charge in [-0.05, 0) is 42.0 Å². The first-order chi connectivity index (χ1) is 15.9. The lowest BCUT2D eigenvalue weighted by Gasteiger charge is -2.36. The molecule has 1 aliphatic rings. The summed E-state index contributed by atoms with van der Waals surface area (Å²) < 4.78 is 25.7. The van der Waals surface area contributed by atoms with Crippen molar-refractivity contribution in [2.75, 3.05) is 38.2 Å². The Morgan fingerprint density at radius 2 is 1.76 bits per heavy atom. The summed E-state index contributed by atoms with van der Waals surface area (Å²) in [7, 11) is 3.31. The van der Waals surface area contributed by atoms with Crippen molar-refractivity contribution in [3.05, 3.63) is 88.1 Å². The average molecular weight is 451 g/mol. The van der Waals surface area contributed by atoms with Gasteiger partial charge in [-0.25, -0.2) is 4.39 Å². The zero-order valence-corrected chi connectivity index (χ0v) is 18.7. The van der Waals surface area contributed by atoms with Crippen molar-refractivity contribution in [1.82, 2.24) is 9.47 Å². The SMILES string of the molecule is COc1cccc(COc2cn(C)c(C(=O)N3CCN(c4ccc(F)cc4)CC3)cc2=O)c1. The van der Waals surface area contributed by atoms with E-state index in [0.29, 0.717) is 37.6 Å². The Hall–Kier alpha value is -3.81. The number of halogens is 1. The summed E-state index contributed by atoms with van der Waals surface area (Å²) in [6.07, 6.45) is 1.55. The second-order valence-electron chi connectivity index (χ2n) is 7.89. The number of hydrogen-bond donors (Lipinski definition) is 0. The minimum absolute atomic E-state index is 0.179. The van der Waals surface area contributed by atoms with Gasteiger partial charge in [0.15, 0.2) is 5.75 Å². The molecule has 0 radical (unpaired) electrons. The summed E-state index contributed by atoms with van der Waals surface area (Å²) in [5.41, 5.74) is 1.76. The highest BCUT2D eigenvalue weighted by Crippen LogP contribution is 2.19. The van der Waals surface area contributed by atoms with E-state index in [0.717, 1.165) is 11.3 Å². The lowest BCUT2D eigenvalue weighted by atomic mass is 10.2. The molecule has 2 aromatic carbocycles.